The minimum absolute atomic E-state index is 0. The van der Waals surface area contributed by atoms with E-state index in [1.807, 2.05) is 6.07 Å². The predicted octanol–water partition coefficient (Wildman–Crippen LogP) is 2.13. The third-order valence-electron chi connectivity index (χ3n) is 2.70. The van der Waals surface area contributed by atoms with Crippen molar-refractivity contribution in [3.05, 3.63) is 29.3 Å². The number of carbonyl (C=O) groups is 1. The number of benzene rings is 1. The summed E-state index contributed by atoms with van der Waals surface area (Å²) < 4.78 is 20.5. The molecule has 1 aromatic rings. The van der Waals surface area contributed by atoms with Crippen LogP contribution >= 0.6 is 7.60 Å². The molecule has 0 aromatic heterocycles. The maximum atomic E-state index is 11.5. The van der Waals surface area contributed by atoms with E-state index >= 15 is 0 Å². The SMILES string of the molecule is COC(=O)P(=O)(O)Oc1ccc2c(c1)CCC2.[Na]. The third kappa shape index (κ3) is 3.37. The van der Waals surface area contributed by atoms with E-state index in [1.165, 1.54) is 5.56 Å². The van der Waals surface area contributed by atoms with E-state index < -0.39 is 13.3 Å². The first-order chi connectivity index (χ1) is 8.03. The first-order valence-electron chi connectivity index (χ1n) is 5.25. The van der Waals surface area contributed by atoms with Crippen molar-refractivity contribution in [1.29, 1.82) is 0 Å². The molecule has 1 aromatic carbocycles. The van der Waals surface area contributed by atoms with Gasteiger partial charge in [-0.3, -0.25) is 0 Å². The van der Waals surface area contributed by atoms with Crippen LogP contribution in [0.15, 0.2) is 18.2 Å². The van der Waals surface area contributed by atoms with E-state index in [9.17, 15) is 14.3 Å². The van der Waals surface area contributed by atoms with Gasteiger partial charge in [0.2, 0.25) is 0 Å². The molecule has 0 saturated heterocycles. The van der Waals surface area contributed by atoms with Gasteiger partial charge in [0.05, 0.1) is 7.11 Å². The van der Waals surface area contributed by atoms with Crippen molar-refractivity contribution >= 4 is 42.9 Å². The molecule has 1 aliphatic carbocycles. The quantitative estimate of drug-likeness (QED) is 0.677. The van der Waals surface area contributed by atoms with Crippen molar-refractivity contribution in [2.45, 2.75) is 19.3 Å². The zero-order valence-electron chi connectivity index (χ0n) is 10.4. The molecule has 0 bridgehead atoms. The maximum absolute atomic E-state index is 11.5. The number of carbonyl (C=O) groups excluding carboxylic acids is 1. The van der Waals surface area contributed by atoms with Crippen LogP contribution in [0.5, 0.6) is 5.75 Å². The van der Waals surface area contributed by atoms with Crippen molar-refractivity contribution < 1.29 is 23.5 Å². The normalized spacial score (nSPS) is 16.1. The molecule has 0 amide bonds. The average molecular weight is 279 g/mol. The molecule has 2 rings (SSSR count). The third-order valence-corrected chi connectivity index (χ3v) is 3.81. The number of hydrogen-bond donors (Lipinski definition) is 1. The number of hydrogen-bond acceptors (Lipinski definition) is 4. The number of methoxy groups -OCH3 is 1. The van der Waals surface area contributed by atoms with Crippen molar-refractivity contribution in [3.8, 4) is 5.75 Å². The maximum Gasteiger partial charge on any atom is 0.485 e. The second-order valence-electron chi connectivity index (χ2n) is 3.87. The minimum Gasteiger partial charge on any atom is -0.459 e. The predicted molar refractivity (Wildman–Crippen MR) is 67.1 cm³/mol. The first kappa shape index (κ1) is 15.7. The van der Waals surface area contributed by atoms with Gasteiger partial charge in [0.15, 0.2) is 0 Å². The second kappa shape index (κ2) is 6.22. The molecule has 18 heavy (non-hydrogen) atoms. The Balaban J connectivity index is 0.00000162. The Morgan fingerprint density at radius 3 is 2.67 bits per heavy atom. The second-order valence-corrected chi connectivity index (χ2v) is 5.45. The van der Waals surface area contributed by atoms with E-state index in [2.05, 4.69) is 4.74 Å². The number of rotatable bonds is 3. The molecular weight excluding hydrogens is 266 g/mol. The van der Waals surface area contributed by atoms with Gasteiger partial charge in [0.1, 0.15) is 5.75 Å². The monoisotopic (exact) mass is 279 g/mol. The van der Waals surface area contributed by atoms with Crippen LogP contribution in [-0.2, 0) is 22.1 Å². The zero-order chi connectivity index (χ0) is 12.5. The van der Waals surface area contributed by atoms with Crippen molar-refractivity contribution in [1.82, 2.24) is 0 Å². The van der Waals surface area contributed by atoms with E-state index in [-0.39, 0.29) is 35.3 Å². The molecule has 0 heterocycles. The minimum atomic E-state index is -4.39. The Labute approximate surface area is 127 Å². The Hall–Kier alpha value is -0.320. The van der Waals surface area contributed by atoms with Gasteiger partial charge in [-0.25, -0.2) is 9.36 Å². The molecule has 1 radical (unpaired) electrons. The Morgan fingerprint density at radius 2 is 2.00 bits per heavy atom. The van der Waals surface area contributed by atoms with Gasteiger partial charge in [-0.1, -0.05) is 6.07 Å². The fourth-order valence-electron chi connectivity index (χ4n) is 1.90. The molecule has 7 heteroatoms. The standard InChI is InChI=1S/C11H13O5P.Na/c1-15-11(12)17(13,14)16-10-6-5-8-3-2-4-9(8)7-10;/h5-7H,2-4H2,1H3,(H,13,14);. The molecule has 0 aliphatic heterocycles. The fourth-order valence-corrected chi connectivity index (χ4v) is 2.61. The van der Waals surface area contributed by atoms with Crippen LogP contribution in [0.3, 0.4) is 0 Å². The van der Waals surface area contributed by atoms with Crippen LogP contribution in [0.2, 0.25) is 0 Å². The van der Waals surface area contributed by atoms with Crippen molar-refractivity contribution in [3.63, 3.8) is 0 Å². The average Bonchev–Trinajstić information content (AvgIpc) is 2.74. The molecular formula is C11H13NaO5P. The summed E-state index contributed by atoms with van der Waals surface area (Å²) in [6, 6.07) is 5.15. The smallest absolute Gasteiger partial charge is 0.459 e. The number of ether oxygens (including phenoxy) is 1. The molecule has 1 aliphatic rings. The van der Waals surface area contributed by atoms with Gasteiger partial charge >= 0.3 is 13.3 Å². The summed E-state index contributed by atoms with van der Waals surface area (Å²) in [5, 5.41) is 0. The van der Waals surface area contributed by atoms with E-state index in [4.69, 9.17) is 4.52 Å². The Bertz CT molecular complexity index is 502. The molecule has 93 valence electrons. The summed E-state index contributed by atoms with van der Waals surface area (Å²) in [4.78, 5) is 20.4. The molecule has 1 N–H and O–H groups in total. The summed E-state index contributed by atoms with van der Waals surface area (Å²) in [6.07, 6.45) is 3.02. The van der Waals surface area contributed by atoms with E-state index in [0.29, 0.717) is 0 Å². The summed E-state index contributed by atoms with van der Waals surface area (Å²) in [7, 11) is -3.35. The molecule has 0 fully saturated rings. The topological polar surface area (TPSA) is 72.8 Å². The van der Waals surface area contributed by atoms with Crippen LogP contribution in [0.4, 0.5) is 4.79 Å². The van der Waals surface area contributed by atoms with Gasteiger partial charge in [0, 0.05) is 29.6 Å². The molecule has 5 nitrogen and oxygen atoms in total. The first-order valence-corrected chi connectivity index (χ1v) is 6.83. The van der Waals surface area contributed by atoms with Gasteiger partial charge < -0.3 is 14.2 Å². The van der Waals surface area contributed by atoms with Crippen LogP contribution < -0.4 is 4.52 Å². The van der Waals surface area contributed by atoms with Crippen LogP contribution in [0.25, 0.3) is 0 Å². The summed E-state index contributed by atoms with van der Waals surface area (Å²) >= 11 is 0. The van der Waals surface area contributed by atoms with Crippen LogP contribution in [-0.4, -0.2) is 47.3 Å². The van der Waals surface area contributed by atoms with Crippen LogP contribution in [0, 0.1) is 0 Å². The summed E-state index contributed by atoms with van der Waals surface area (Å²) in [5.74, 6) is 0.224. The molecule has 1 atom stereocenters. The van der Waals surface area contributed by atoms with Gasteiger partial charge in [-0.2, -0.15) is 0 Å². The largest absolute Gasteiger partial charge is 0.485 e. The Morgan fingerprint density at radius 1 is 1.33 bits per heavy atom. The molecule has 1 unspecified atom stereocenters. The summed E-state index contributed by atoms with van der Waals surface area (Å²) in [5.41, 5.74) is 1.08. The van der Waals surface area contributed by atoms with Gasteiger partial charge in [-0.05, 0) is 42.5 Å². The number of fused-ring (bicyclic) bond motifs is 1. The van der Waals surface area contributed by atoms with Crippen molar-refractivity contribution in [2.75, 3.05) is 7.11 Å². The molecule has 0 saturated carbocycles. The number of aryl methyl sites for hydroxylation is 2. The zero-order valence-corrected chi connectivity index (χ0v) is 13.3. The fraction of sp³-hybridized carbons (Fsp3) is 0.364. The summed E-state index contributed by atoms with van der Waals surface area (Å²) in [6.45, 7) is 0. The Kier molecular flexibility index (Phi) is 5.44. The van der Waals surface area contributed by atoms with E-state index in [1.54, 1.807) is 12.1 Å². The van der Waals surface area contributed by atoms with Gasteiger partial charge in [-0.15, -0.1) is 0 Å². The molecule has 0 spiro atoms. The van der Waals surface area contributed by atoms with Gasteiger partial charge in [0.25, 0.3) is 0 Å². The van der Waals surface area contributed by atoms with Crippen molar-refractivity contribution in [2.24, 2.45) is 0 Å². The van der Waals surface area contributed by atoms with Crippen LogP contribution in [0.1, 0.15) is 17.5 Å². The van der Waals surface area contributed by atoms with E-state index in [0.717, 1.165) is 31.9 Å².